The van der Waals surface area contributed by atoms with E-state index in [0.29, 0.717) is 0 Å². The molecule has 0 heterocycles. The van der Waals surface area contributed by atoms with Gasteiger partial charge in [-0.25, -0.2) is 0 Å². The molecule has 3 rings (SSSR count). The molecule has 0 radical (unpaired) electrons. The van der Waals surface area contributed by atoms with Crippen LogP contribution in [0.15, 0.2) is 48.5 Å². The van der Waals surface area contributed by atoms with Crippen molar-refractivity contribution in [2.45, 2.75) is 84.5 Å². The van der Waals surface area contributed by atoms with E-state index in [0.717, 1.165) is 35.3 Å². The number of benzene rings is 2. The Kier molecular flexibility index (Phi) is 10.0. The molecule has 1 aliphatic carbocycles. The predicted molar refractivity (Wildman–Crippen MR) is 133 cm³/mol. The minimum atomic E-state index is 0.724. The molecule has 1 fully saturated rings. The van der Waals surface area contributed by atoms with Gasteiger partial charge in [-0.15, -0.1) is 0 Å². The van der Waals surface area contributed by atoms with E-state index in [2.05, 4.69) is 74.2 Å². The highest BCUT2D eigenvalue weighted by atomic mass is 16.5. The zero-order chi connectivity index (χ0) is 21.7. The van der Waals surface area contributed by atoms with Crippen molar-refractivity contribution >= 4 is 0 Å². The molecular formula is C30H40O. The van der Waals surface area contributed by atoms with Gasteiger partial charge in [0.2, 0.25) is 0 Å². The Balaban J connectivity index is 1.42. The van der Waals surface area contributed by atoms with Crippen molar-refractivity contribution < 1.29 is 4.74 Å². The standard InChI is InChI=1S/C30H40O/c1-3-5-7-9-26-10-12-27(13-11-26)14-15-28-20-22-30(23-21-28)31-24-29-18-16-25(17-19-29)8-6-4-2/h10-13,20-23,25,29H,3-9,16-19,24H2,1-2H3. The molecule has 2 aromatic carbocycles. The molecule has 31 heavy (non-hydrogen) atoms. The van der Waals surface area contributed by atoms with Gasteiger partial charge in [0.1, 0.15) is 5.75 Å². The Hall–Kier alpha value is -2.20. The van der Waals surface area contributed by atoms with Gasteiger partial charge in [-0.05, 0) is 79.5 Å². The molecular weight excluding hydrogens is 376 g/mol. The minimum Gasteiger partial charge on any atom is -0.493 e. The molecule has 0 bridgehead atoms. The summed E-state index contributed by atoms with van der Waals surface area (Å²) in [4.78, 5) is 0. The van der Waals surface area contributed by atoms with Crippen molar-refractivity contribution in [1.82, 2.24) is 0 Å². The smallest absolute Gasteiger partial charge is 0.119 e. The van der Waals surface area contributed by atoms with Crippen LogP contribution in [0.25, 0.3) is 0 Å². The second kappa shape index (κ2) is 13.3. The van der Waals surface area contributed by atoms with Gasteiger partial charge >= 0.3 is 0 Å². The van der Waals surface area contributed by atoms with E-state index in [1.807, 2.05) is 0 Å². The summed E-state index contributed by atoms with van der Waals surface area (Å²) in [5.41, 5.74) is 3.53. The first-order chi connectivity index (χ1) is 15.3. The SMILES string of the molecule is CCCCCc1ccc(C#Cc2ccc(OCC3CCC(CCCC)CC3)cc2)cc1. The quantitative estimate of drug-likeness (QED) is 0.280. The van der Waals surface area contributed by atoms with Gasteiger partial charge < -0.3 is 4.74 Å². The Morgan fingerprint density at radius 2 is 1.29 bits per heavy atom. The first-order valence-corrected chi connectivity index (χ1v) is 12.6. The lowest BCUT2D eigenvalue weighted by atomic mass is 9.80. The van der Waals surface area contributed by atoms with Crippen LogP contribution in [0.1, 0.15) is 94.7 Å². The third kappa shape index (κ3) is 8.45. The number of hydrogen-bond donors (Lipinski definition) is 0. The number of aryl methyl sites for hydroxylation is 1. The van der Waals surface area contributed by atoms with E-state index < -0.39 is 0 Å². The molecule has 2 aromatic rings. The zero-order valence-electron chi connectivity index (χ0n) is 19.7. The summed E-state index contributed by atoms with van der Waals surface area (Å²) in [6, 6.07) is 17.0. The molecule has 0 unspecified atom stereocenters. The highest BCUT2D eigenvalue weighted by Gasteiger charge is 2.21. The highest BCUT2D eigenvalue weighted by molar-refractivity contribution is 5.44. The molecule has 0 saturated heterocycles. The van der Waals surface area contributed by atoms with E-state index >= 15 is 0 Å². The maximum Gasteiger partial charge on any atom is 0.119 e. The van der Waals surface area contributed by atoms with E-state index in [9.17, 15) is 0 Å². The summed E-state index contributed by atoms with van der Waals surface area (Å²) in [6.45, 7) is 5.40. The van der Waals surface area contributed by atoms with Crippen molar-refractivity contribution in [3.63, 3.8) is 0 Å². The van der Waals surface area contributed by atoms with Crippen molar-refractivity contribution in [1.29, 1.82) is 0 Å². The number of hydrogen-bond acceptors (Lipinski definition) is 1. The summed E-state index contributed by atoms with van der Waals surface area (Å²) >= 11 is 0. The topological polar surface area (TPSA) is 9.23 Å². The fourth-order valence-electron chi connectivity index (χ4n) is 4.51. The molecule has 0 atom stereocenters. The Bertz CT molecular complexity index is 798. The Morgan fingerprint density at radius 3 is 1.90 bits per heavy atom. The lowest BCUT2D eigenvalue weighted by Crippen LogP contribution is -2.20. The fraction of sp³-hybridized carbons (Fsp3) is 0.533. The predicted octanol–water partition coefficient (Wildman–Crippen LogP) is 8.19. The second-order valence-electron chi connectivity index (χ2n) is 9.27. The normalized spacial score (nSPS) is 18.3. The van der Waals surface area contributed by atoms with Gasteiger partial charge in [0.15, 0.2) is 0 Å². The third-order valence-electron chi connectivity index (χ3n) is 6.65. The van der Waals surface area contributed by atoms with Gasteiger partial charge in [0.05, 0.1) is 6.61 Å². The van der Waals surface area contributed by atoms with E-state index in [1.165, 1.54) is 76.2 Å². The maximum atomic E-state index is 6.08. The van der Waals surface area contributed by atoms with Crippen molar-refractivity contribution in [3.05, 3.63) is 65.2 Å². The van der Waals surface area contributed by atoms with Crippen LogP contribution in [-0.2, 0) is 6.42 Å². The molecule has 1 nitrogen and oxygen atoms in total. The first kappa shape index (κ1) is 23.5. The average Bonchev–Trinajstić information content (AvgIpc) is 2.82. The Labute approximate surface area is 190 Å². The van der Waals surface area contributed by atoms with Gasteiger partial charge in [-0.1, -0.05) is 82.8 Å². The molecule has 0 aromatic heterocycles. The lowest BCUT2D eigenvalue weighted by molar-refractivity contribution is 0.178. The number of ether oxygens (including phenoxy) is 1. The van der Waals surface area contributed by atoms with E-state index in [4.69, 9.17) is 4.74 Å². The summed E-state index contributed by atoms with van der Waals surface area (Å²) in [5, 5.41) is 0. The number of unbranched alkanes of at least 4 members (excludes halogenated alkanes) is 3. The summed E-state index contributed by atoms with van der Waals surface area (Å²) in [7, 11) is 0. The largest absolute Gasteiger partial charge is 0.493 e. The lowest BCUT2D eigenvalue weighted by Gasteiger charge is -2.28. The molecule has 1 heteroatoms. The van der Waals surface area contributed by atoms with Gasteiger partial charge in [0, 0.05) is 11.1 Å². The van der Waals surface area contributed by atoms with Crippen LogP contribution < -0.4 is 4.74 Å². The molecule has 166 valence electrons. The molecule has 1 aliphatic rings. The molecule has 0 spiro atoms. The van der Waals surface area contributed by atoms with Crippen LogP contribution in [0.2, 0.25) is 0 Å². The van der Waals surface area contributed by atoms with Crippen LogP contribution in [-0.4, -0.2) is 6.61 Å². The van der Waals surface area contributed by atoms with Gasteiger partial charge in [0.25, 0.3) is 0 Å². The van der Waals surface area contributed by atoms with E-state index in [-0.39, 0.29) is 0 Å². The molecule has 0 aliphatic heterocycles. The van der Waals surface area contributed by atoms with Crippen LogP contribution in [0.5, 0.6) is 5.75 Å². The summed E-state index contributed by atoms with van der Waals surface area (Å²) < 4.78 is 6.08. The average molecular weight is 417 g/mol. The number of rotatable bonds is 10. The summed E-state index contributed by atoms with van der Waals surface area (Å²) in [5.74, 6) is 9.22. The Morgan fingerprint density at radius 1 is 0.710 bits per heavy atom. The monoisotopic (exact) mass is 416 g/mol. The minimum absolute atomic E-state index is 0.724. The van der Waals surface area contributed by atoms with Crippen molar-refractivity contribution in [2.75, 3.05) is 6.61 Å². The molecule has 1 saturated carbocycles. The fourth-order valence-corrected chi connectivity index (χ4v) is 4.51. The zero-order valence-corrected chi connectivity index (χ0v) is 19.7. The van der Waals surface area contributed by atoms with Crippen molar-refractivity contribution in [3.8, 4) is 17.6 Å². The van der Waals surface area contributed by atoms with Gasteiger partial charge in [-0.3, -0.25) is 0 Å². The third-order valence-corrected chi connectivity index (χ3v) is 6.65. The van der Waals surface area contributed by atoms with Gasteiger partial charge in [-0.2, -0.15) is 0 Å². The van der Waals surface area contributed by atoms with Crippen LogP contribution in [0.3, 0.4) is 0 Å². The molecule has 0 N–H and O–H groups in total. The second-order valence-corrected chi connectivity index (χ2v) is 9.27. The van der Waals surface area contributed by atoms with Crippen molar-refractivity contribution in [2.24, 2.45) is 11.8 Å². The van der Waals surface area contributed by atoms with E-state index in [1.54, 1.807) is 0 Å². The summed E-state index contributed by atoms with van der Waals surface area (Å²) in [6.07, 6.45) is 14.6. The molecule has 0 amide bonds. The van der Waals surface area contributed by atoms with Crippen LogP contribution in [0, 0.1) is 23.7 Å². The first-order valence-electron chi connectivity index (χ1n) is 12.6. The van der Waals surface area contributed by atoms with Crippen LogP contribution >= 0.6 is 0 Å². The van der Waals surface area contributed by atoms with Crippen LogP contribution in [0.4, 0.5) is 0 Å². The maximum absolute atomic E-state index is 6.08. The highest BCUT2D eigenvalue weighted by Crippen LogP contribution is 2.32.